The summed E-state index contributed by atoms with van der Waals surface area (Å²) in [5.41, 5.74) is 3.99. The number of piperazine rings is 1. The molecule has 1 N–H and O–H groups in total. The number of hydrogen-bond acceptors (Lipinski definition) is 4. The lowest BCUT2D eigenvalue weighted by Crippen LogP contribution is -2.52. The van der Waals surface area contributed by atoms with Crippen LogP contribution < -0.4 is 5.32 Å². The maximum Gasteiger partial charge on any atom is 0.241 e. The minimum atomic E-state index is -0.160. The van der Waals surface area contributed by atoms with Crippen LogP contribution in [0.5, 0.6) is 0 Å². The molecule has 1 aliphatic heterocycles. The maximum absolute atomic E-state index is 12.8. The van der Waals surface area contributed by atoms with Crippen LogP contribution in [0.1, 0.15) is 43.4 Å². The van der Waals surface area contributed by atoms with Crippen molar-refractivity contribution in [2.45, 2.75) is 39.3 Å². The Morgan fingerprint density at radius 2 is 1.69 bits per heavy atom. The van der Waals surface area contributed by atoms with Crippen molar-refractivity contribution >= 4 is 11.6 Å². The van der Waals surface area contributed by atoms with E-state index in [1.165, 1.54) is 11.1 Å². The summed E-state index contributed by atoms with van der Waals surface area (Å²) in [5.74, 6) is 0.422. The van der Waals surface area contributed by atoms with Crippen LogP contribution in [-0.2, 0) is 11.3 Å². The van der Waals surface area contributed by atoms with Crippen LogP contribution in [0.25, 0.3) is 0 Å². The van der Waals surface area contributed by atoms with Gasteiger partial charge in [-0.15, -0.1) is 0 Å². The van der Waals surface area contributed by atoms with Gasteiger partial charge >= 0.3 is 0 Å². The van der Waals surface area contributed by atoms with Gasteiger partial charge in [0.15, 0.2) is 0 Å². The molecule has 1 amide bonds. The van der Waals surface area contributed by atoms with Gasteiger partial charge in [-0.25, -0.2) is 0 Å². The largest absolute Gasteiger partial charge is 0.324 e. The molecule has 152 valence electrons. The van der Waals surface area contributed by atoms with Crippen molar-refractivity contribution in [1.29, 1.82) is 5.26 Å². The molecule has 0 radical (unpaired) electrons. The molecule has 29 heavy (non-hydrogen) atoms. The van der Waals surface area contributed by atoms with Crippen LogP contribution in [0.2, 0.25) is 0 Å². The van der Waals surface area contributed by atoms with Crippen molar-refractivity contribution in [3.8, 4) is 6.07 Å². The molecule has 5 heteroatoms. The zero-order valence-electron chi connectivity index (χ0n) is 17.6. The first kappa shape index (κ1) is 21.0. The normalized spacial score (nSPS) is 16.4. The Hall–Kier alpha value is -2.68. The van der Waals surface area contributed by atoms with Crippen molar-refractivity contribution < 1.29 is 4.79 Å². The predicted molar refractivity (Wildman–Crippen MR) is 117 cm³/mol. The average molecular weight is 391 g/mol. The lowest BCUT2D eigenvalue weighted by atomic mass is 10.0. The minimum Gasteiger partial charge on any atom is -0.324 e. The van der Waals surface area contributed by atoms with Gasteiger partial charge in [0, 0.05) is 38.4 Å². The molecule has 1 aliphatic rings. The van der Waals surface area contributed by atoms with Crippen LogP contribution in [-0.4, -0.2) is 47.9 Å². The molecule has 0 saturated carbocycles. The Morgan fingerprint density at radius 3 is 2.31 bits per heavy atom. The van der Waals surface area contributed by atoms with Gasteiger partial charge in [0.25, 0.3) is 0 Å². The topological polar surface area (TPSA) is 59.4 Å². The van der Waals surface area contributed by atoms with Crippen molar-refractivity contribution in [2.75, 3.05) is 31.5 Å². The molecule has 3 rings (SSSR count). The van der Waals surface area contributed by atoms with Crippen LogP contribution in [0, 0.1) is 11.3 Å². The van der Waals surface area contributed by atoms with Gasteiger partial charge in [-0.05, 0) is 42.2 Å². The van der Waals surface area contributed by atoms with Crippen molar-refractivity contribution in [2.24, 2.45) is 0 Å². The molecule has 0 spiro atoms. The Labute approximate surface area is 173 Å². The van der Waals surface area contributed by atoms with E-state index < -0.39 is 0 Å². The fraction of sp³-hybridized carbons (Fsp3) is 0.417. The van der Waals surface area contributed by atoms with Crippen molar-refractivity contribution in [3.05, 3.63) is 65.2 Å². The van der Waals surface area contributed by atoms with E-state index in [1.807, 2.05) is 49.4 Å². The number of rotatable bonds is 6. The van der Waals surface area contributed by atoms with Gasteiger partial charge in [-0.1, -0.05) is 44.2 Å². The van der Waals surface area contributed by atoms with E-state index in [2.05, 4.69) is 41.1 Å². The van der Waals surface area contributed by atoms with Crippen LogP contribution in [0.4, 0.5) is 5.69 Å². The molecular formula is C24H30N4O. The van der Waals surface area contributed by atoms with Gasteiger partial charge in [-0.3, -0.25) is 14.6 Å². The van der Waals surface area contributed by atoms with E-state index in [0.717, 1.165) is 38.4 Å². The highest BCUT2D eigenvalue weighted by Crippen LogP contribution is 2.24. The molecule has 5 nitrogen and oxygen atoms in total. The number of nitrogens with zero attached hydrogens (tertiary/aromatic N) is 3. The number of nitriles is 1. The number of anilines is 1. The third-order valence-electron chi connectivity index (χ3n) is 5.66. The third kappa shape index (κ3) is 5.44. The lowest BCUT2D eigenvalue weighted by molar-refractivity contribution is -0.121. The quantitative estimate of drug-likeness (QED) is 0.814. The monoisotopic (exact) mass is 390 g/mol. The molecule has 2 aromatic rings. The van der Waals surface area contributed by atoms with Gasteiger partial charge in [0.1, 0.15) is 0 Å². The number of nitrogens with one attached hydrogen (secondary N) is 1. The lowest BCUT2D eigenvalue weighted by Gasteiger charge is -2.37. The maximum atomic E-state index is 12.8. The highest BCUT2D eigenvalue weighted by Gasteiger charge is 2.26. The average Bonchev–Trinajstić information content (AvgIpc) is 2.74. The Balaban J connectivity index is 1.52. The van der Waals surface area contributed by atoms with E-state index in [9.17, 15) is 4.79 Å². The standard InChI is InChI=1S/C24H30N4O/c1-18(2)22-6-4-5-7-23(22)26-24(29)19(3)28-14-12-27(13-15-28)17-21-10-8-20(16-25)9-11-21/h4-11,18-19H,12-15,17H2,1-3H3,(H,26,29). The minimum absolute atomic E-state index is 0.0543. The van der Waals surface area contributed by atoms with Gasteiger partial charge in [-0.2, -0.15) is 5.26 Å². The van der Waals surface area contributed by atoms with Gasteiger partial charge < -0.3 is 5.32 Å². The second-order valence-electron chi connectivity index (χ2n) is 8.03. The molecule has 0 aromatic heterocycles. The second kappa shape index (κ2) is 9.69. The number of carbonyl (C=O) groups excluding carboxylic acids is 1. The SMILES string of the molecule is CC(C)c1ccccc1NC(=O)C(C)N1CCN(Cc2ccc(C#N)cc2)CC1. The molecular weight excluding hydrogens is 360 g/mol. The summed E-state index contributed by atoms with van der Waals surface area (Å²) in [6, 6.07) is 17.8. The van der Waals surface area contributed by atoms with Crippen LogP contribution >= 0.6 is 0 Å². The van der Waals surface area contributed by atoms with E-state index >= 15 is 0 Å². The second-order valence-corrected chi connectivity index (χ2v) is 8.03. The number of hydrogen-bond donors (Lipinski definition) is 1. The van der Waals surface area contributed by atoms with Crippen molar-refractivity contribution in [3.63, 3.8) is 0 Å². The molecule has 1 heterocycles. The Morgan fingerprint density at radius 1 is 1.03 bits per heavy atom. The number of benzene rings is 2. The first-order valence-electron chi connectivity index (χ1n) is 10.3. The molecule has 1 unspecified atom stereocenters. The smallest absolute Gasteiger partial charge is 0.241 e. The molecule has 2 aromatic carbocycles. The number of carbonyl (C=O) groups is 1. The van der Waals surface area contributed by atoms with E-state index in [1.54, 1.807) is 0 Å². The van der Waals surface area contributed by atoms with Crippen LogP contribution in [0.15, 0.2) is 48.5 Å². The third-order valence-corrected chi connectivity index (χ3v) is 5.66. The number of amides is 1. The molecule has 0 bridgehead atoms. The molecule has 0 aliphatic carbocycles. The van der Waals surface area contributed by atoms with Crippen LogP contribution in [0.3, 0.4) is 0 Å². The zero-order chi connectivity index (χ0) is 20.8. The van der Waals surface area contributed by atoms with E-state index in [4.69, 9.17) is 5.26 Å². The summed E-state index contributed by atoms with van der Waals surface area (Å²) in [7, 11) is 0. The fourth-order valence-electron chi connectivity index (χ4n) is 3.77. The molecule has 1 fully saturated rings. The number of para-hydroxylation sites is 1. The summed E-state index contributed by atoms with van der Waals surface area (Å²) >= 11 is 0. The van der Waals surface area contributed by atoms with Gasteiger partial charge in [0.2, 0.25) is 5.91 Å². The molecule has 1 saturated heterocycles. The summed E-state index contributed by atoms with van der Waals surface area (Å²) in [5, 5.41) is 12.0. The first-order chi connectivity index (χ1) is 14.0. The highest BCUT2D eigenvalue weighted by atomic mass is 16.2. The zero-order valence-corrected chi connectivity index (χ0v) is 17.6. The van der Waals surface area contributed by atoms with E-state index in [-0.39, 0.29) is 11.9 Å². The summed E-state index contributed by atoms with van der Waals surface area (Å²) in [4.78, 5) is 17.5. The fourth-order valence-corrected chi connectivity index (χ4v) is 3.77. The summed E-state index contributed by atoms with van der Waals surface area (Å²) in [6.07, 6.45) is 0. The predicted octanol–water partition coefficient (Wildman–Crippen LogP) is 3.83. The highest BCUT2D eigenvalue weighted by molar-refractivity contribution is 5.95. The molecule has 1 atom stereocenters. The first-order valence-corrected chi connectivity index (χ1v) is 10.3. The van der Waals surface area contributed by atoms with Gasteiger partial charge in [0.05, 0.1) is 17.7 Å². The summed E-state index contributed by atoms with van der Waals surface area (Å²) in [6.45, 7) is 10.8. The van der Waals surface area contributed by atoms with E-state index in [0.29, 0.717) is 11.5 Å². The van der Waals surface area contributed by atoms with Crippen molar-refractivity contribution in [1.82, 2.24) is 9.80 Å². The Bertz CT molecular complexity index is 861. The summed E-state index contributed by atoms with van der Waals surface area (Å²) < 4.78 is 0. The Kier molecular flexibility index (Phi) is 7.03.